The van der Waals surface area contributed by atoms with Crippen LogP contribution in [-0.2, 0) is 17.7 Å². The molecule has 0 bridgehead atoms. The van der Waals surface area contributed by atoms with Gasteiger partial charge in [-0.05, 0) is 0 Å². The van der Waals surface area contributed by atoms with Crippen molar-refractivity contribution in [1.29, 1.82) is 0 Å². The summed E-state index contributed by atoms with van der Waals surface area (Å²) in [7, 11) is 1.32. The topological polar surface area (TPSA) is 0 Å². The maximum Gasteiger partial charge on any atom is -0.147 e. The monoisotopic (exact) mass is 739 g/mol. The van der Waals surface area contributed by atoms with E-state index in [0.29, 0.717) is 31.0 Å². The van der Waals surface area contributed by atoms with Gasteiger partial charge in [-0.25, -0.2) is 0 Å². The quantitative estimate of drug-likeness (QED) is 0.259. The van der Waals surface area contributed by atoms with E-state index < -0.39 is 17.7 Å². The molecule has 0 radical (unpaired) electrons. The third-order valence-electron chi connectivity index (χ3n) is 9.45. The predicted molar refractivity (Wildman–Crippen MR) is 178 cm³/mol. The van der Waals surface area contributed by atoms with Gasteiger partial charge in [-0.3, -0.25) is 0 Å². The molecule has 0 spiro atoms. The van der Waals surface area contributed by atoms with Crippen molar-refractivity contribution in [2.24, 2.45) is 0 Å². The molecule has 38 heavy (non-hydrogen) atoms. The molecular weight excluding hydrogens is 686 g/mol. The largest absolute Gasteiger partial charge is 0.147 e. The van der Waals surface area contributed by atoms with Crippen molar-refractivity contribution in [3.05, 3.63) is 79.9 Å². The Labute approximate surface area is 249 Å². The van der Waals surface area contributed by atoms with Gasteiger partial charge < -0.3 is 0 Å². The van der Waals surface area contributed by atoms with Gasteiger partial charge in [-0.1, -0.05) is 0 Å². The number of halogens is 2. The van der Waals surface area contributed by atoms with Gasteiger partial charge in [-0.2, -0.15) is 0 Å². The molecule has 0 aromatic heterocycles. The molecule has 0 saturated heterocycles. The molecule has 2 atom stereocenters. The Bertz CT molecular complexity index is 1180. The van der Waals surface area contributed by atoms with Gasteiger partial charge in [0.2, 0.25) is 0 Å². The van der Waals surface area contributed by atoms with E-state index in [1.807, 2.05) is 0 Å². The summed E-state index contributed by atoms with van der Waals surface area (Å²) in [6, 6.07) is 10.3. The average Bonchev–Trinajstić information content (AvgIpc) is 3.27. The number of hydrogen-bond acceptors (Lipinski definition) is 0. The normalized spacial score (nSPS) is 19.6. The van der Waals surface area contributed by atoms with Crippen molar-refractivity contribution in [2.75, 3.05) is 0 Å². The van der Waals surface area contributed by atoms with E-state index in [2.05, 4.69) is 115 Å². The van der Waals surface area contributed by atoms with Crippen molar-refractivity contribution >= 4 is 44.4 Å². The van der Waals surface area contributed by atoms with E-state index in [-0.39, 0.29) is 24.8 Å². The smallest absolute Gasteiger partial charge is 0.147 e. The molecule has 2 aliphatic rings. The van der Waals surface area contributed by atoms with E-state index in [9.17, 15) is 0 Å². The molecule has 211 valence electrons. The second-order valence-corrected chi connectivity index (χ2v) is 69.3. The first-order valence-corrected chi connectivity index (χ1v) is 37.6. The van der Waals surface area contributed by atoms with E-state index in [1.54, 1.807) is 44.5 Å². The van der Waals surface area contributed by atoms with Crippen LogP contribution in [-0.4, -0.2) is 7.43 Å². The van der Waals surface area contributed by atoms with Crippen LogP contribution in [0.3, 0.4) is 0 Å². The minimum Gasteiger partial charge on any atom is -0.147 e. The summed E-state index contributed by atoms with van der Waals surface area (Å²) >= 11 is -3.51. The Balaban J connectivity index is 0.00000253. The maximum absolute atomic E-state index is 3.51. The van der Waals surface area contributed by atoms with Gasteiger partial charge >= 0.3 is 227 Å². The van der Waals surface area contributed by atoms with Crippen LogP contribution in [0.15, 0.2) is 35.4 Å². The first-order valence-electron chi connectivity index (χ1n) is 14.5. The Hall–Kier alpha value is -0.413. The Kier molecular flexibility index (Phi) is 10.2. The molecule has 0 nitrogen and oxygen atoms in total. The number of benzene rings is 2. The van der Waals surface area contributed by atoms with Crippen LogP contribution in [0.25, 0.3) is 12.2 Å². The fraction of sp³-hybridized carbons (Fsp3) is 0.529. The van der Waals surface area contributed by atoms with Crippen LogP contribution in [0.1, 0.15) is 145 Å². The summed E-state index contributed by atoms with van der Waals surface area (Å²) in [4.78, 5) is 0. The van der Waals surface area contributed by atoms with E-state index >= 15 is 0 Å². The molecule has 2 aromatic carbocycles. The third kappa shape index (κ3) is 5.55. The second-order valence-electron chi connectivity index (χ2n) is 14.9. The third-order valence-corrected chi connectivity index (χ3v) is 39.3. The summed E-state index contributed by atoms with van der Waals surface area (Å²) in [5.41, 5.74) is 16.0. The van der Waals surface area contributed by atoms with Gasteiger partial charge in [-0.15, -0.1) is 24.8 Å². The SMILES string of the molecule is CC1=Cc2c(C(C)C)cc(C(C)C)cc2[CH]1[Hf]([CH3])([CH3])([SiH3])[CH]1C(C)=Cc2c(C(C)C)cc(C(C)C)cc21.Cl.Cl. The first-order chi connectivity index (χ1) is 16.5. The summed E-state index contributed by atoms with van der Waals surface area (Å²) in [6.07, 6.45) is 5.19. The Morgan fingerprint density at radius 2 is 0.895 bits per heavy atom. The zero-order chi connectivity index (χ0) is 26.9. The summed E-state index contributed by atoms with van der Waals surface area (Å²) in [5.74, 6) is 2.24. The molecule has 2 unspecified atom stereocenters. The first kappa shape index (κ1) is 33.8. The van der Waals surface area contributed by atoms with Crippen molar-refractivity contribution in [1.82, 2.24) is 0 Å². The van der Waals surface area contributed by atoms with Crippen molar-refractivity contribution in [3.63, 3.8) is 0 Å². The van der Waals surface area contributed by atoms with E-state index in [0.717, 1.165) is 0 Å². The molecule has 4 rings (SSSR count). The zero-order valence-electron chi connectivity index (χ0n) is 26.2. The number of rotatable bonds is 6. The fourth-order valence-electron chi connectivity index (χ4n) is 7.90. The zero-order valence-corrected chi connectivity index (χ0v) is 33.5. The van der Waals surface area contributed by atoms with Crippen molar-refractivity contribution in [3.8, 4) is 0 Å². The Morgan fingerprint density at radius 1 is 0.579 bits per heavy atom. The van der Waals surface area contributed by atoms with Crippen molar-refractivity contribution in [2.45, 2.75) is 110 Å². The summed E-state index contributed by atoms with van der Waals surface area (Å²) in [6.45, 7) is 23.9. The van der Waals surface area contributed by atoms with Gasteiger partial charge in [0.15, 0.2) is 0 Å². The summed E-state index contributed by atoms with van der Waals surface area (Å²) < 4.78 is 6.99. The Morgan fingerprint density at radius 3 is 1.16 bits per heavy atom. The molecule has 0 amide bonds. The van der Waals surface area contributed by atoms with Crippen LogP contribution in [0, 0.1) is 0 Å². The molecule has 0 aliphatic heterocycles. The minimum atomic E-state index is -3.51. The van der Waals surface area contributed by atoms with Crippen molar-refractivity contribution < 1.29 is 17.7 Å². The van der Waals surface area contributed by atoms with Crippen LogP contribution in [0.5, 0.6) is 0 Å². The van der Waals surface area contributed by atoms with E-state index in [4.69, 9.17) is 0 Å². The number of fused-ring (bicyclic) bond motifs is 2. The van der Waals surface area contributed by atoms with Crippen LogP contribution < -0.4 is 0 Å². The maximum atomic E-state index is 2.84. The molecule has 0 saturated carbocycles. The fourth-order valence-corrected chi connectivity index (χ4v) is 43.7. The molecule has 2 aromatic rings. The predicted octanol–water partition coefficient (Wildman–Crippen LogP) is 10.7. The van der Waals surface area contributed by atoms with Gasteiger partial charge in [0.05, 0.1) is 0 Å². The minimum absolute atomic E-state index is 0. The molecule has 0 N–H and O–H groups in total. The van der Waals surface area contributed by atoms with Crippen LogP contribution in [0.2, 0.25) is 9.36 Å². The number of hydrogen-bond donors (Lipinski definition) is 0. The van der Waals surface area contributed by atoms with Gasteiger partial charge in [0.1, 0.15) is 0 Å². The van der Waals surface area contributed by atoms with E-state index in [1.165, 1.54) is 18.6 Å². The molecule has 4 heteroatoms. The van der Waals surface area contributed by atoms with Crippen LogP contribution in [0.4, 0.5) is 0 Å². The summed E-state index contributed by atoms with van der Waals surface area (Å²) in [5, 5.41) is 0. The van der Waals surface area contributed by atoms with Crippen LogP contribution >= 0.6 is 24.8 Å². The molecule has 2 aliphatic carbocycles. The molecular formula is C34H53Cl2HfSi. The van der Waals surface area contributed by atoms with Gasteiger partial charge in [0.25, 0.3) is 0 Å². The van der Waals surface area contributed by atoms with Gasteiger partial charge in [0, 0.05) is 0 Å². The number of allylic oxidation sites excluding steroid dienone is 2. The molecule has 0 fully saturated rings. The second kappa shape index (κ2) is 11.5. The average molecular weight is 739 g/mol. The molecule has 0 heterocycles. The standard InChI is InChI=1S/2C16H21.2CH3.2ClH.Hf.H3Si/c2*1-10(2)13-8-14-6-12(5)7-16(14)15(9-13)11(3)4;;;;;;/h2*6-11H,1-5H3;2*1H3;2*1H;;1H3.